The third-order valence-corrected chi connectivity index (χ3v) is 2.33. The molecule has 0 radical (unpaired) electrons. The second-order valence-electron chi connectivity index (χ2n) is 3.22. The molecule has 0 amide bonds. The molecule has 0 saturated carbocycles. The van der Waals surface area contributed by atoms with Crippen molar-refractivity contribution in [2.45, 2.75) is 18.8 Å². The molecule has 4 heteroatoms. The molecule has 1 saturated heterocycles. The van der Waals surface area contributed by atoms with Gasteiger partial charge in [0.15, 0.2) is 0 Å². The van der Waals surface area contributed by atoms with Crippen LogP contribution >= 0.6 is 0 Å². The van der Waals surface area contributed by atoms with Gasteiger partial charge in [-0.2, -0.15) is 0 Å². The topological polar surface area (TPSA) is 55.0 Å². The SMILES string of the molecule is O=c1cnc(C2CCOCC2)c[nH]1. The number of rotatable bonds is 1. The molecular weight excluding hydrogens is 168 g/mol. The zero-order valence-corrected chi connectivity index (χ0v) is 7.32. The number of hydrogen-bond donors (Lipinski definition) is 1. The lowest BCUT2D eigenvalue weighted by Gasteiger charge is -2.20. The Kier molecular flexibility index (Phi) is 2.40. The summed E-state index contributed by atoms with van der Waals surface area (Å²) in [6.07, 6.45) is 5.04. The highest BCUT2D eigenvalue weighted by atomic mass is 16.5. The normalized spacial score (nSPS) is 18.8. The fourth-order valence-corrected chi connectivity index (χ4v) is 1.57. The Balaban J connectivity index is 2.14. The van der Waals surface area contributed by atoms with Crippen LogP contribution in [0.2, 0.25) is 0 Å². The van der Waals surface area contributed by atoms with Crippen LogP contribution in [0.25, 0.3) is 0 Å². The third kappa shape index (κ3) is 1.95. The average molecular weight is 180 g/mol. The van der Waals surface area contributed by atoms with E-state index >= 15 is 0 Å². The molecule has 1 aliphatic heterocycles. The maximum atomic E-state index is 10.8. The minimum absolute atomic E-state index is 0.143. The number of nitrogens with zero attached hydrogens (tertiary/aromatic N) is 1. The van der Waals surface area contributed by atoms with Crippen LogP contribution in [0.3, 0.4) is 0 Å². The van der Waals surface area contributed by atoms with Gasteiger partial charge in [-0.25, -0.2) is 0 Å². The molecule has 70 valence electrons. The van der Waals surface area contributed by atoms with Crippen molar-refractivity contribution in [1.29, 1.82) is 0 Å². The zero-order valence-electron chi connectivity index (χ0n) is 7.32. The van der Waals surface area contributed by atoms with Crippen LogP contribution in [0.4, 0.5) is 0 Å². The molecule has 0 unspecified atom stereocenters. The molecule has 0 atom stereocenters. The van der Waals surface area contributed by atoms with Crippen LogP contribution < -0.4 is 5.56 Å². The summed E-state index contributed by atoms with van der Waals surface area (Å²) in [7, 11) is 0. The van der Waals surface area contributed by atoms with Crippen molar-refractivity contribution in [3.05, 3.63) is 28.4 Å². The third-order valence-electron chi connectivity index (χ3n) is 2.33. The maximum Gasteiger partial charge on any atom is 0.266 e. The van der Waals surface area contributed by atoms with Gasteiger partial charge in [-0.05, 0) is 12.8 Å². The van der Waals surface area contributed by atoms with E-state index in [2.05, 4.69) is 9.97 Å². The van der Waals surface area contributed by atoms with Gasteiger partial charge in [-0.3, -0.25) is 9.78 Å². The smallest absolute Gasteiger partial charge is 0.266 e. The van der Waals surface area contributed by atoms with Crippen molar-refractivity contribution in [3.63, 3.8) is 0 Å². The highest BCUT2D eigenvalue weighted by Gasteiger charge is 2.16. The summed E-state index contributed by atoms with van der Waals surface area (Å²) in [4.78, 5) is 17.5. The predicted molar refractivity (Wildman–Crippen MR) is 47.7 cm³/mol. The van der Waals surface area contributed by atoms with Gasteiger partial charge >= 0.3 is 0 Å². The van der Waals surface area contributed by atoms with E-state index < -0.39 is 0 Å². The van der Waals surface area contributed by atoms with Crippen LogP contribution in [0.1, 0.15) is 24.5 Å². The van der Waals surface area contributed by atoms with Gasteiger partial charge in [-0.15, -0.1) is 0 Å². The zero-order chi connectivity index (χ0) is 9.10. The second kappa shape index (κ2) is 3.70. The maximum absolute atomic E-state index is 10.8. The molecule has 1 fully saturated rings. The second-order valence-corrected chi connectivity index (χ2v) is 3.22. The molecule has 1 aromatic heterocycles. The van der Waals surface area contributed by atoms with Crippen LogP contribution in [0, 0.1) is 0 Å². The van der Waals surface area contributed by atoms with E-state index in [1.165, 1.54) is 6.20 Å². The van der Waals surface area contributed by atoms with Crippen molar-refractivity contribution in [3.8, 4) is 0 Å². The van der Waals surface area contributed by atoms with Crippen molar-refractivity contribution < 1.29 is 4.74 Å². The molecule has 0 aliphatic carbocycles. The van der Waals surface area contributed by atoms with Crippen LogP contribution in [-0.4, -0.2) is 23.2 Å². The standard InChI is InChI=1S/C9H12N2O2/c12-9-6-10-8(5-11-9)7-1-3-13-4-2-7/h5-7H,1-4H2,(H,11,12). The lowest BCUT2D eigenvalue weighted by Crippen LogP contribution is -2.17. The molecule has 1 aromatic rings. The fourth-order valence-electron chi connectivity index (χ4n) is 1.57. The Morgan fingerprint density at radius 1 is 1.46 bits per heavy atom. The molecule has 1 N–H and O–H groups in total. The lowest BCUT2D eigenvalue weighted by atomic mass is 9.97. The minimum Gasteiger partial charge on any atom is -0.381 e. The molecule has 0 spiro atoms. The summed E-state index contributed by atoms with van der Waals surface area (Å²) in [5.41, 5.74) is 0.832. The molecule has 2 heterocycles. The van der Waals surface area contributed by atoms with Gasteiger partial charge in [0.05, 0.1) is 11.9 Å². The van der Waals surface area contributed by atoms with Gasteiger partial charge < -0.3 is 9.72 Å². The summed E-state index contributed by atoms with van der Waals surface area (Å²) >= 11 is 0. The Morgan fingerprint density at radius 2 is 2.23 bits per heavy atom. The summed E-state index contributed by atoms with van der Waals surface area (Å²) in [6, 6.07) is 0. The highest BCUT2D eigenvalue weighted by Crippen LogP contribution is 2.23. The number of ether oxygens (including phenoxy) is 1. The van der Waals surface area contributed by atoms with Gasteiger partial charge in [0.1, 0.15) is 0 Å². The van der Waals surface area contributed by atoms with Crippen molar-refractivity contribution in [1.82, 2.24) is 9.97 Å². The first-order chi connectivity index (χ1) is 6.36. The first-order valence-electron chi connectivity index (χ1n) is 4.48. The van der Waals surface area contributed by atoms with Crippen LogP contribution in [-0.2, 0) is 4.74 Å². The quantitative estimate of drug-likeness (QED) is 0.690. The molecule has 1 aliphatic rings. The summed E-state index contributed by atoms with van der Waals surface area (Å²) < 4.78 is 5.25. The first-order valence-corrected chi connectivity index (χ1v) is 4.48. The van der Waals surface area contributed by atoms with Crippen molar-refractivity contribution in [2.75, 3.05) is 13.2 Å². The molecule has 13 heavy (non-hydrogen) atoms. The van der Waals surface area contributed by atoms with E-state index in [1.54, 1.807) is 6.20 Å². The molecule has 0 aromatic carbocycles. The lowest BCUT2D eigenvalue weighted by molar-refractivity contribution is 0.0844. The van der Waals surface area contributed by atoms with E-state index in [4.69, 9.17) is 4.74 Å². The summed E-state index contributed by atoms with van der Waals surface area (Å²) in [6.45, 7) is 1.59. The minimum atomic E-state index is -0.143. The Labute approximate surface area is 76.0 Å². The molecule has 2 rings (SSSR count). The van der Waals surface area contributed by atoms with E-state index in [0.29, 0.717) is 5.92 Å². The number of aromatic amines is 1. The van der Waals surface area contributed by atoms with E-state index in [1.807, 2.05) is 0 Å². The van der Waals surface area contributed by atoms with Crippen molar-refractivity contribution in [2.24, 2.45) is 0 Å². The Bertz CT molecular complexity index is 308. The first kappa shape index (κ1) is 8.44. The fraction of sp³-hybridized carbons (Fsp3) is 0.556. The monoisotopic (exact) mass is 180 g/mol. The van der Waals surface area contributed by atoms with Crippen LogP contribution in [0.15, 0.2) is 17.2 Å². The van der Waals surface area contributed by atoms with Crippen molar-refractivity contribution >= 4 is 0 Å². The number of aromatic nitrogens is 2. The summed E-state index contributed by atoms with van der Waals surface area (Å²) in [5.74, 6) is 0.450. The molecule has 4 nitrogen and oxygen atoms in total. The number of hydrogen-bond acceptors (Lipinski definition) is 3. The molecular formula is C9H12N2O2. The molecule has 0 bridgehead atoms. The number of nitrogens with one attached hydrogen (secondary N) is 1. The summed E-state index contributed by atoms with van der Waals surface area (Å²) in [5, 5.41) is 0. The van der Waals surface area contributed by atoms with E-state index in [-0.39, 0.29) is 5.56 Å². The van der Waals surface area contributed by atoms with Gasteiger partial charge in [0.25, 0.3) is 5.56 Å². The van der Waals surface area contributed by atoms with Gasteiger partial charge in [-0.1, -0.05) is 0 Å². The van der Waals surface area contributed by atoms with Gasteiger partial charge in [0.2, 0.25) is 0 Å². The van der Waals surface area contributed by atoms with E-state index in [0.717, 1.165) is 31.7 Å². The van der Waals surface area contributed by atoms with Crippen LogP contribution in [0.5, 0.6) is 0 Å². The van der Waals surface area contributed by atoms with Gasteiger partial charge in [0, 0.05) is 25.3 Å². The number of H-pyrrole nitrogens is 1. The van der Waals surface area contributed by atoms with E-state index in [9.17, 15) is 4.79 Å². The highest BCUT2D eigenvalue weighted by molar-refractivity contribution is 5.03. The largest absolute Gasteiger partial charge is 0.381 e. The average Bonchev–Trinajstić information content (AvgIpc) is 2.20. The Morgan fingerprint density at radius 3 is 2.85 bits per heavy atom. The Hall–Kier alpha value is -1.16. The predicted octanol–water partition coefficient (Wildman–Crippen LogP) is 0.664.